The van der Waals surface area contributed by atoms with Gasteiger partial charge in [0.1, 0.15) is 0 Å². The first kappa shape index (κ1) is 19.9. The monoisotopic (exact) mass is 401 g/mol. The molecule has 0 aliphatic carbocycles. The molecule has 5 N–H and O–H groups in total. The van der Waals surface area contributed by atoms with Gasteiger partial charge < -0.3 is 21.4 Å². The van der Waals surface area contributed by atoms with E-state index in [1.54, 1.807) is 24.3 Å². The Morgan fingerprint density at radius 2 is 1.66 bits per heavy atom. The fourth-order valence-electron chi connectivity index (χ4n) is 2.60. The van der Waals surface area contributed by atoms with Crippen LogP contribution in [0.25, 0.3) is 11.0 Å². The van der Waals surface area contributed by atoms with E-state index in [4.69, 9.17) is 5.73 Å². The lowest BCUT2D eigenvalue weighted by molar-refractivity contribution is -0.117. The summed E-state index contributed by atoms with van der Waals surface area (Å²) in [5, 5.41) is 5.09. The number of carbonyl (C=O) groups is 3. The maximum Gasteiger partial charge on any atom is 0.295 e. The van der Waals surface area contributed by atoms with Crippen LogP contribution in [0.3, 0.4) is 0 Å². The Hall–Kier alpha value is -3.82. The highest BCUT2D eigenvalue weighted by molar-refractivity contribution is 5.97. The van der Waals surface area contributed by atoms with E-state index in [2.05, 4.69) is 20.6 Å². The van der Waals surface area contributed by atoms with E-state index in [1.165, 1.54) is 18.2 Å². The number of hydrogen-bond acceptors (Lipinski definition) is 4. The normalized spacial score (nSPS) is 10.9. The van der Waals surface area contributed by atoms with Gasteiger partial charge in [-0.25, -0.2) is 13.8 Å². The van der Waals surface area contributed by atoms with Crippen molar-refractivity contribution in [3.8, 4) is 0 Å². The molecule has 3 aromatic rings. The van der Waals surface area contributed by atoms with Gasteiger partial charge in [-0.15, -0.1) is 0 Å². The summed E-state index contributed by atoms with van der Waals surface area (Å²) in [4.78, 5) is 41.1. The number of nitrogens with two attached hydrogens (primary N) is 1. The molecule has 8 nitrogen and oxygen atoms in total. The van der Waals surface area contributed by atoms with Crippen molar-refractivity contribution in [1.29, 1.82) is 0 Å². The minimum absolute atomic E-state index is 0.200. The topological polar surface area (TPSA) is 130 Å². The highest BCUT2D eigenvalue weighted by Crippen LogP contribution is 2.20. The Bertz CT molecular complexity index is 1060. The van der Waals surface area contributed by atoms with E-state index in [0.717, 1.165) is 5.56 Å². The first-order valence-corrected chi connectivity index (χ1v) is 8.55. The first-order chi connectivity index (χ1) is 13.8. The molecular weight excluding hydrogens is 384 g/mol. The van der Waals surface area contributed by atoms with Crippen molar-refractivity contribution in [1.82, 2.24) is 20.6 Å². The van der Waals surface area contributed by atoms with Crippen molar-refractivity contribution < 1.29 is 23.2 Å². The maximum atomic E-state index is 12.7. The van der Waals surface area contributed by atoms with Gasteiger partial charge in [0, 0.05) is 17.7 Å². The number of fused-ring (bicyclic) bond motifs is 1. The van der Waals surface area contributed by atoms with Crippen LogP contribution in [0, 0.1) is 0 Å². The second kappa shape index (κ2) is 8.46. The molecule has 3 amide bonds. The number of halogens is 2. The van der Waals surface area contributed by atoms with Gasteiger partial charge in [0.2, 0.25) is 5.91 Å². The number of amides is 3. The zero-order chi connectivity index (χ0) is 21.0. The number of rotatable bonds is 7. The van der Waals surface area contributed by atoms with Crippen LogP contribution >= 0.6 is 0 Å². The third-order valence-corrected chi connectivity index (χ3v) is 4.06. The van der Waals surface area contributed by atoms with Crippen molar-refractivity contribution >= 4 is 28.8 Å². The number of nitrogens with zero attached hydrogens (tertiary/aromatic N) is 1. The molecule has 0 aliphatic rings. The summed E-state index contributed by atoms with van der Waals surface area (Å²) in [6.45, 7) is -0.0541. The third-order valence-electron chi connectivity index (χ3n) is 4.06. The van der Waals surface area contributed by atoms with E-state index in [9.17, 15) is 23.2 Å². The number of benzene rings is 2. The average molecular weight is 401 g/mol. The van der Waals surface area contributed by atoms with E-state index in [-0.39, 0.29) is 19.0 Å². The lowest BCUT2D eigenvalue weighted by atomic mass is 10.1. The SMILES string of the molecule is NC(=O)CNC(=O)c1ccc(CNC(=O)c2ccc3nc(C(F)F)[nH]c3c2)cc1. The van der Waals surface area contributed by atoms with Gasteiger partial charge in [-0.1, -0.05) is 12.1 Å². The smallest absolute Gasteiger partial charge is 0.295 e. The number of alkyl halides is 2. The van der Waals surface area contributed by atoms with Crippen LogP contribution in [0.1, 0.15) is 38.5 Å². The number of carbonyl (C=O) groups excluding carboxylic acids is 3. The lowest BCUT2D eigenvalue weighted by Gasteiger charge is -2.07. The van der Waals surface area contributed by atoms with Crippen molar-refractivity contribution in [2.45, 2.75) is 13.0 Å². The molecule has 0 radical (unpaired) electrons. The molecule has 0 fully saturated rings. The number of imidazole rings is 1. The summed E-state index contributed by atoms with van der Waals surface area (Å²) >= 11 is 0. The second-order valence-electron chi connectivity index (χ2n) is 6.18. The molecule has 150 valence electrons. The Morgan fingerprint density at radius 3 is 2.31 bits per heavy atom. The average Bonchev–Trinajstić information content (AvgIpc) is 3.14. The van der Waals surface area contributed by atoms with Crippen LogP contribution in [-0.2, 0) is 11.3 Å². The molecular formula is C19H17F2N5O3. The molecule has 0 spiro atoms. The molecule has 3 rings (SSSR count). The summed E-state index contributed by atoms with van der Waals surface area (Å²) in [5.74, 6) is -1.91. The number of aromatic nitrogens is 2. The highest BCUT2D eigenvalue weighted by atomic mass is 19.3. The van der Waals surface area contributed by atoms with Crippen molar-refractivity contribution in [3.63, 3.8) is 0 Å². The van der Waals surface area contributed by atoms with Crippen molar-refractivity contribution in [2.75, 3.05) is 6.54 Å². The standard InChI is InChI=1S/C19H17F2N5O3/c20-16(21)17-25-13-6-5-12(7-14(13)26-17)19(29)23-8-10-1-3-11(4-2-10)18(28)24-9-15(22)27/h1-7,16H,8-9H2,(H2,22,27)(H,23,29)(H,24,28)(H,25,26). The Kier molecular flexibility index (Phi) is 5.82. The molecule has 0 aliphatic heterocycles. The highest BCUT2D eigenvalue weighted by Gasteiger charge is 2.14. The van der Waals surface area contributed by atoms with Crippen molar-refractivity contribution in [3.05, 3.63) is 65.0 Å². The predicted molar refractivity (Wildman–Crippen MR) is 100 cm³/mol. The molecule has 0 saturated carbocycles. The molecule has 0 atom stereocenters. The maximum absolute atomic E-state index is 12.7. The number of aromatic amines is 1. The molecule has 1 aromatic heterocycles. The van der Waals surface area contributed by atoms with Gasteiger partial charge in [0.25, 0.3) is 18.2 Å². The number of hydrogen-bond donors (Lipinski definition) is 4. The molecule has 0 unspecified atom stereocenters. The summed E-state index contributed by atoms with van der Waals surface area (Å²) in [5.41, 5.74) is 7.05. The predicted octanol–water partition coefficient (Wildman–Crippen LogP) is 1.65. The second-order valence-corrected chi connectivity index (χ2v) is 6.18. The van der Waals surface area contributed by atoms with Gasteiger partial charge in [-0.2, -0.15) is 0 Å². The first-order valence-electron chi connectivity index (χ1n) is 8.55. The lowest BCUT2D eigenvalue weighted by Crippen LogP contribution is -2.33. The van der Waals surface area contributed by atoms with Gasteiger partial charge in [0.05, 0.1) is 17.6 Å². The molecule has 1 heterocycles. The van der Waals surface area contributed by atoms with E-state index >= 15 is 0 Å². The molecule has 2 aromatic carbocycles. The number of nitrogens with one attached hydrogen (secondary N) is 3. The number of primary amides is 1. The van der Waals surface area contributed by atoms with E-state index < -0.39 is 24.1 Å². The Balaban J connectivity index is 1.60. The van der Waals surface area contributed by atoms with Gasteiger partial charge in [0.15, 0.2) is 5.82 Å². The summed E-state index contributed by atoms with van der Waals surface area (Å²) in [7, 11) is 0. The third kappa shape index (κ3) is 4.92. The molecule has 0 bridgehead atoms. The van der Waals surface area contributed by atoms with Crippen LogP contribution in [0.2, 0.25) is 0 Å². The van der Waals surface area contributed by atoms with Crippen molar-refractivity contribution in [2.24, 2.45) is 5.73 Å². The molecule has 0 saturated heterocycles. The Labute approximate surface area is 163 Å². The minimum atomic E-state index is -2.72. The summed E-state index contributed by atoms with van der Waals surface area (Å²) in [6.07, 6.45) is -2.72. The fourth-order valence-corrected chi connectivity index (χ4v) is 2.60. The van der Waals surface area contributed by atoms with Gasteiger partial charge in [-0.3, -0.25) is 14.4 Å². The summed E-state index contributed by atoms with van der Waals surface area (Å²) in [6, 6.07) is 10.9. The fraction of sp³-hybridized carbons (Fsp3) is 0.158. The van der Waals surface area contributed by atoms with Gasteiger partial charge >= 0.3 is 0 Å². The number of H-pyrrole nitrogens is 1. The van der Waals surface area contributed by atoms with Crippen LogP contribution in [0.4, 0.5) is 8.78 Å². The molecule has 10 heteroatoms. The molecule has 29 heavy (non-hydrogen) atoms. The minimum Gasteiger partial charge on any atom is -0.368 e. The zero-order valence-electron chi connectivity index (χ0n) is 15.0. The quantitative estimate of drug-likeness (QED) is 0.479. The van der Waals surface area contributed by atoms with Crippen LogP contribution in [-0.4, -0.2) is 34.2 Å². The van der Waals surface area contributed by atoms with Crippen LogP contribution < -0.4 is 16.4 Å². The van der Waals surface area contributed by atoms with E-state index in [0.29, 0.717) is 22.2 Å². The van der Waals surface area contributed by atoms with Gasteiger partial charge in [-0.05, 0) is 35.9 Å². The van der Waals surface area contributed by atoms with E-state index in [1.807, 2.05) is 0 Å². The van der Waals surface area contributed by atoms with Crippen LogP contribution in [0.15, 0.2) is 42.5 Å². The van der Waals surface area contributed by atoms with Crippen LogP contribution in [0.5, 0.6) is 0 Å². The Morgan fingerprint density at radius 1 is 1.00 bits per heavy atom. The summed E-state index contributed by atoms with van der Waals surface area (Å²) < 4.78 is 25.4. The largest absolute Gasteiger partial charge is 0.368 e. The zero-order valence-corrected chi connectivity index (χ0v) is 15.0.